The molecule has 2 fully saturated rings. The molecule has 3 heteroatoms. The highest BCUT2D eigenvalue weighted by atomic mass is 16.2. The summed E-state index contributed by atoms with van der Waals surface area (Å²) in [5, 5.41) is 3.38. The van der Waals surface area contributed by atoms with Crippen LogP contribution in [0.25, 0.3) is 0 Å². The Hall–Kier alpha value is -0.570. The molecule has 92 valence electrons. The maximum atomic E-state index is 11.7. The van der Waals surface area contributed by atoms with Crippen molar-refractivity contribution in [3.05, 3.63) is 0 Å². The molecule has 0 aromatic carbocycles. The maximum Gasteiger partial charge on any atom is 0.219 e. The second-order valence-electron chi connectivity index (χ2n) is 5.60. The van der Waals surface area contributed by atoms with Gasteiger partial charge in [0.25, 0.3) is 0 Å². The minimum Gasteiger partial charge on any atom is -0.340 e. The number of carbonyl (C=O) groups excluding carboxylic acids is 1. The zero-order valence-electron chi connectivity index (χ0n) is 10.5. The molecule has 2 rings (SSSR count). The third kappa shape index (κ3) is 2.76. The number of carbonyl (C=O) groups is 1. The first-order valence-corrected chi connectivity index (χ1v) is 6.64. The Labute approximate surface area is 98.6 Å². The van der Waals surface area contributed by atoms with Crippen LogP contribution in [-0.4, -0.2) is 36.5 Å². The summed E-state index contributed by atoms with van der Waals surface area (Å²) in [6.45, 7) is 7.24. The minimum absolute atomic E-state index is 0.274. The number of nitrogens with zero attached hydrogens (tertiary/aromatic N) is 1. The topological polar surface area (TPSA) is 32.3 Å². The van der Waals surface area contributed by atoms with Crippen LogP contribution in [0.5, 0.6) is 0 Å². The molecule has 1 N–H and O–H groups in total. The fourth-order valence-electron chi connectivity index (χ4n) is 2.99. The molecule has 0 bridgehead atoms. The van der Waals surface area contributed by atoms with Crippen LogP contribution in [0, 0.1) is 11.8 Å². The SMILES string of the molecule is CC(=O)N(CC1CCNCC1)C1CC(C)C1. The van der Waals surface area contributed by atoms with E-state index in [1.165, 1.54) is 25.7 Å². The van der Waals surface area contributed by atoms with Crippen molar-refractivity contribution >= 4 is 5.91 Å². The molecule has 0 spiro atoms. The second kappa shape index (κ2) is 5.17. The second-order valence-corrected chi connectivity index (χ2v) is 5.60. The molecular formula is C13H24N2O. The van der Waals surface area contributed by atoms with Crippen LogP contribution < -0.4 is 5.32 Å². The Morgan fingerprint density at radius 3 is 2.44 bits per heavy atom. The van der Waals surface area contributed by atoms with Gasteiger partial charge in [-0.05, 0) is 50.6 Å². The van der Waals surface area contributed by atoms with Crippen molar-refractivity contribution in [2.24, 2.45) is 11.8 Å². The van der Waals surface area contributed by atoms with Gasteiger partial charge in [-0.2, -0.15) is 0 Å². The number of amides is 1. The van der Waals surface area contributed by atoms with Gasteiger partial charge < -0.3 is 10.2 Å². The molecule has 2 aliphatic rings. The van der Waals surface area contributed by atoms with E-state index >= 15 is 0 Å². The summed E-state index contributed by atoms with van der Waals surface area (Å²) in [7, 11) is 0. The van der Waals surface area contributed by atoms with Crippen LogP contribution in [0.2, 0.25) is 0 Å². The fraction of sp³-hybridized carbons (Fsp3) is 0.923. The van der Waals surface area contributed by atoms with E-state index in [-0.39, 0.29) is 5.91 Å². The van der Waals surface area contributed by atoms with Gasteiger partial charge in [0.1, 0.15) is 0 Å². The highest BCUT2D eigenvalue weighted by molar-refractivity contribution is 5.73. The van der Waals surface area contributed by atoms with Gasteiger partial charge in [-0.15, -0.1) is 0 Å². The molecule has 0 unspecified atom stereocenters. The van der Waals surface area contributed by atoms with Gasteiger partial charge in [0.05, 0.1) is 0 Å². The Balaban J connectivity index is 1.84. The lowest BCUT2D eigenvalue weighted by Gasteiger charge is -2.43. The number of hydrogen-bond donors (Lipinski definition) is 1. The van der Waals surface area contributed by atoms with Gasteiger partial charge in [0, 0.05) is 19.5 Å². The van der Waals surface area contributed by atoms with Crippen molar-refractivity contribution < 1.29 is 4.79 Å². The summed E-state index contributed by atoms with van der Waals surface area (Å²) in [6, 6.07) is 0.544. The van der Waals surface area contributed by atoms with Crippen molar-refractivity contribution in [3.63, 3.8) is 0 Å². The average molecular weight is 224 g/mol. The van der Waals surface area contributed by atoms with Crippen molar-refractivity contribution in [1.29, 1.82) is 0 Å². The Kier molecular flexibility index (Phi) is 3.85. The molecule has 1 saturated heterocycles. The minimum atomic E-state index is 0.274. The third-order valence-electron chi connectivity index (χ3n) is 4.11. The zero-order chi connectivity index (χ0) is 11.5. The standard InChI is InChI=1S/C13H24N2O/c1-10-7-13(8-10)15(11(2)16)9-12-3-5-14-6-4-12/h10,12-14H,3-9H2,1-2H3. The van der Waals surface area contributed by atoms with Gasteiger partial charge in [-0.1, -0.05) is 6.92 Å². The monoisotopic (exact) mass is 224 g/mol. The number of hydrogen-bond acceptors (Lipinski definition) is 2. The molecule has 1 amide bonds. The first-order valence-electron chi connectivity index (χ1n) is 6.64. The van der Waals surface area contributed by atoms with Gasteiger partial charge in [-0.25, -0.2) is 0 Å². The first kappa shape index (κ1) is 11.9. The predicted octanol–water partition coefficient (Wildman–Crippen LogP) is 1.63. The molecule has 16 heavy (non-hydrogen) atoms. The Morgan fingerprint density at radius 1 is 1.31 bits per heavy atom. The van der Waals surface area contributed by atoms with E-state index < -0.39 is 0 Å². The molecule has 1 aliphatic heterocycles. The largest absolute Gasteiger partial charge is 0.340 e. The molecule has 1 saturated carbocycles. The molecule has 0 aromatic heterocycles. The summed E-state index contributed by atoms with van der Waals surface area (Å²) >= 11 is 0. The van der Waals surface area contributed by atoms with E-state index in [9.17, 15) is 4.79 Å². The average Bonchev–Trinajstić information content (AvgIpc) is 2.23. The quantitative estimate of drug-likeness (QED) is 0.790. The van der Waals surface area contributed by atoms with Gasteiger partial charge in [-0.3, -0.25) is 4.79 Å². The van der Waals surface area contributed by atoms with E-state index in [0.29, 0.717) is 6.04 Å². The summed E-state index contributed by atoms with van der Waals surface area (Å²) in [4.78, 5) is 13.8. The normalized spacial score (nSPS) is 30.9. The first-order chi connectivity index (χ1) is 7.66. The lowest BCUT2D eigenvalue weighted by molar-refractivity contribution is -0.134. The maximum absolute atomic E-state index is 11.7. The lowest BCUT2D eigenvalue weighted by atomic mass is 9.80. The van der Waals surface area contributed by atoms with Crippen molar-refractivity contribution in [1.82, 2.24) is 10.2 Å². The molecule has 0 atom stereocenters. The van der Waals surface area contributed by atoms with Gasteiger partial charge in [0.15, 0.2) is 0 Å². The molecule has 0 aromatic rings. The third-order valence-corrected chi connectivity index (χ3v) is 4.11. The fourth-order valence-corrected chi connectivity index (χ4v) is 2.99. The van der Waals surface area contributed by atoms with Crippen LogP contribution >= 0.6 is 0 Å². The van der Waals surface area contributed by atoms with Crippen LogP contribution in [0.4, 0.5) is 0 Å². The Morgan fingerprint density at radius 2 is 1.94 bits per heavy atom. The molecule has 0 radical (unpaired) electrons. The summed E-state index contributed by atoms with van der Waals surface area (Å²) in [5.41, 5.74) is 0. The number of piperidine rings is 1. The number of nitrogens with one attached hydrogen (secondary N) is 1. The van der Waals surface area contributed by atoms with Crippen LogP contribution in [0.3, 0.4) is 0 Å². The van der Waals surface area contributed by atoms with Crippen LogP contribution in [-0.2, 0) is 4.79 Å². The van der Waals surface area contributed by atoms with Gasteiger partial charge in [0.2, 0.25) is 5.91 Å². The van der Waals surface area contributed by atoms with Gasteiger partial charge >= 0.3 is 0 Å². The van der Waals surface area contributed by atoms with Crippen LogP contribution in [0.1, 0.15) is 39.5 Å². The predicted molar refractivity (Wildman–Crippen MR) is 65.2 cm³/mol. The van der Waals surface area contributed by atoms with E-state index in [2.05, 4.69) is 17.1 Å². The lowest BCUT2D eigenvalue weighted by Crippen LogP contribution is -2.49. The van der Waals surface area contributed by atoms with E-state index in [0.717, 1.165) is 31.5 Å². The smallest absolute Gasteiger partial charge is 0.219 e. The molecule has 1 heterocycles. The van der Waals surface area contributed by atoms with E-state index in [1.807, 2.05) is 0 Å². The van der Waals surface area contributed by atoms with Crippen LogP contribution in [0.15, 0.2) is 0 Å². The van der Waals surface area contributed by atoms with E-state index in [1.54, 1.807) is 6.92 Å². The summed E-state index contributed by atoms with van der Waals surface area (Å²) in [6.07, 6.45) is 4.88. The summed E-state index contributed by atoms with van der Waals surface area (Å²) in [5.74, 6) is 1.82. The molecule has 3 nitrogen and oxygen atoms in total. The zero-order valence-corrected chi connectivity index (χ0v) is 10.5. The van der Waals surface area contributed by atoms with Crippen molar-refractivity contribution in [2.45, 2.75) is 45.6 Å². The Bertz CT molecular complexity index is 242. The highest BCUT2D eigenvalue weighted by Crippen LogP contribution is 2.32. The van der Waals surface area contributed by atoms with Crippen molar-refractivity contribution in [3.8, 4) is 0 Å². The van der Waals surface area contributed by atoms with E-state index in [4.69, 9.17) is 0 Å². The van der Waals surface area contributed by atoms with Crippen molar-refractivity contribution in [2.75, 3.05) is 19.6 Å². The highest BCUT2D eigenvalue weighted by Gasteiger charge is 2.33. The molecule has 1 aliphatic carbocycles. The molecular weight excluding hydrogens is 200 g/mol. The number of rotatable bonds is 3. The summed E-state index contributed by atoms with van der Waals surface area (Å²) < 4.78 is 0.